The third kappa shape index (κ3) is 6.52. The zero-order valence-corrected chi connectivity index (χ0v) is 23.4. The number of fused-ring (bicyclic) bond motifs is 1. The molecule has 2 heterocycles. The predicted octanol–water partition coefficient (Wildman–Crippen LogP) is 5.84. The summed E-state index contributed by atoms with van der Waals surface area (Å²) in [6, 6.07) is 25.9. The van der Waals surface area contributed by atoms with Crippen molar-refractivity contribution in [3.63, 3.8) is 0 Å². The second-order valence-corrected chi connectivity index (χ2v) is 10.0. The fourth-order valence-electron chi connectivity index (χ4n) is 4.77. The number of unbranched alkanes of at least 4 members (excludes halogenated alkanes) is 2. The van der Waals surface area contributed by atoms with Crippen molar-refractivity contribution >= 4 is 34.1 Å². The van der Waals surface area contributed by atoms with E-state index in [-0.39, 0.29) is 17.4 Å². The Hall–Kier alpha value is -5.31. The van der Waals surface area contributed by atoms with Gasteiger partial charge in [-0.2, -0.15) is 0 Å². The number of amides is 2. The van der Waals surface area contributed by atoms with Crippen LogP contribution < -0.4 is 26.7 Å². The Kier molecular flexibility index (Phi) is 8.67. The number of carbonyl (C=O) groups excluding carboxylic acids is 2. The Balaban J connectivity index is 1.23. The Morgan fingerprint density at radius 3 is 2.45 bits per heavy atom. The van der Waals surface area contributed by atoms with E-state index < -0.39 is 0 Å². The van der Waals surface area contributed by atoms with Gasteiger partial charge in [0.2, 0.25) is 5.91 Å². The number of nitrogen functional groups attached to an aromatic ring is 1. The first kappa shape index (κ1) is 28.2. The number of hydrogen-bond acceptors (Lipinski definition) is 5. The predicted molar refractivity (Wildman–Crippen MR) is 166 cm³/mol. The van der Waals surface area contributed by atoms with E-state index in [2.05, 4.69) is 15.6 Å². The quantitative estimate of drug-likeness (QED) is 0.119. The van der Waals surface area contributed by atoms with Crippen LogP contribution in [0, 0.1) is 0 Å². The molecule has 0 bridgehead atoms. The van der Waals surface area contributed by atoms with Crippen LogP contribution in [0.3, 0.4) is 0 Å². The van der Waals surface area contributed by atoms with Crippen LogP contribution in [-0.2, 0) is 11.8 Å². The lowest BCUT2D eigenvalue weighted by Crippen LogP contribution is -2.25. The maximum atomic E-state index is 13.0. The molecule has 2 amide bonds. The van der Waals surface area contributed by atoms with Crippen LogP contribution in [0.2, 0.25) is 0 Å². The minimum atomic E-state index is -0.301. The van der Waals surface area contributed by atoms with E-state index in [0.29, 0.717) is 65.3 Å². The molecule has 0 aliphatic heterocycles. The molecule has 0 spiro atoms. The number of aryl methyl sites for hydroxylation is 1. The fraction of sp³-hybridized carbons (Fsp3) is 0.182. The van der Waals surface area contributed by atoms with Crippen molar-refractivity contribution in [3.8, 4) is 22.6 Å². The van der Waals surface area contributed by atoms with Gasteiger partial charge in [0.25, 0.3) is 11.5 Å². The third-order valence-corrected chi connectivity index (χ3v) is 6.96. The van der Waals surface area contributed by atoms with Crippen LogP contribution in [0.4, 0.5) is 11.4 Å². The van der Waals surface area contributed by atoms with Crippen LogP contribution in [0.5, 0.6) is 11.5 Å². The number of pyridine rings is 1. The second kappa shape index (κ2) is 12.9. The van der Waals surface area contributed by atoms with Crippen molar-refractivity contribution < 1.29 is 14.3 Å². The molecule has 0 unspecified atom stereocenters. The second-order valence-electron chi connectivity index (χ2n) is 10.0. The molecule has 0 saturated heterocycles. The molecule has 5 N–H and O–H groups in total. The van der Waals surface area contributed by atoms with Crippen molar-refractivity contribution in [2.45, 2.75) is 25.7 Å². The molecule has 0 aliphatic rings. The molecular weight excluding hydrogens is 530 g/mol. The number of ether oxygens (including phenoxy) is 1. The summed E-state index contributed by atoms with van der Waals surface area (Å²) in [6.45, 7) is 0.445. The van der Waals surface area contributed by atoms with Gasteiger partial charge >= 0.3 is 0 Å². The van der Waals surface area contributed by atoms with Gasteiger partial charge in [0, 0.05) is 42.7 Å². The topological polar surface area (TPSA) is 131 Å². The number of nitrogens with zero attached hydrogens (tertiary/aromatic N) is 1. The van der Waals surface area contributed by atoms with Crippen molar-refractivity contribution in [2.24, 2.45) is 7.05 Å². The molecule has 9 heteroatoms. The van der Waals surface area contributed by atoms with Crippen molar-refractivity contribution in [1.82, 2.24) is 14.9 Å². The monoisotopic (exact) mass is 563 g/mol. The van der Waals surface area contributed by atoms with Crippen molar-refractivity contribution in [2.75, 3.05) is 17.6 Å². The summed E-state index contributed by atoms with van der Waals surface area (Å²) < 4.78 is 7.66. The zero-order valence-electron chi connectivity index (χ0n) is 23.4. The molecule has 9 nitrogen and oxygen atoms in total. The highest BCUT2D eigenvalue weighted by atomic mass is 16.5. The van der Waals surface area contributed by atoms with Crippen LogP contribution in [0.1, 0.15) is 36.2 Å². The highest BCUT2D eigenvalue weighted by Crippen LogP contribution is 2.36. The molecule has 0 saturated carbocycles. The maximum absolute atomic E-state index is 13.0. The Morgan fingerprint density at radius 1 is 0.905 bits per heavy atom. The van der Waals surface area contributed by atoms with E-state index in [1.807, 2.05) is 66.7 Å². The Morgan fingerprint density at radius 2 is 1.64 bits per heavy atom. The molecule has 0 atom stereocenters. The zero-order chi connectivity index (χ0) is 29.5. The van der Waals surface area contributed by atoms with Gasteiger partial charge in [0.05, 0.1) is 11.4 Å². The summed E-state index contributed by atoms with van der Waals surface area (Å²) in [7, 11) is 1.68. The molecule has 0 aliphatic carbocycles. The van der Waals surface area contributed by atoms with Crippen LogP contribution in [0.25, 0.3) is 22.0 Å². The lowest BCUT2D eigenvalue weighted by molar-refractivity contribution is -0.116. The number of carbonyl (C=O) groups is 2. The SMILES string of the molecule is Cn1cc(-c2ccccc2Oc2ccccc2)c2cc(C(=O)NCCCCCC(=O)Nc3ccccc3N)[nH]c2c1=O. The fourth-order valence-corrected chi connectivity index (χ4v) is 4.77. The number of benzene rings is 3. The first-order valence-corrected chi connectivity index (χ1v) is 13.9. The Bertz CT molecular complexity index is 1770. The van der Waals surface area contributed by atoms with Crippen LogP contribution in [0.15, 0.2) is 95.9 Å². The van der Waals surface area contributed by atoms with Gasteiger partial charge in [0.1, 0.15) is 22.7 Å². The summed E-state index contributed by atoms with van der Waals surface area (Å²) in [4.78, 5) is 41.2. The van der Waals surface area contributed by atoms with E-state index in [4.69, 9.17) is 10.5 Å². The first-order valence-electron chi connectivity index (χ1n) is 13.9. The average Bonchev–Trinajstić information content (AvgIpc) is 3.45. The summed E-state index contributed by atoms with van der Waals surface area (Å²) in [6.07, 6.45) is 4.30. The van der Waals surface area contributed by atoms with E-state index >= 15 is 0 Å². The van der Waals surface area contributed by atoms with Crippen molar-refractivity contribution in [1.29, 1.82) is 0 Å². The molecule has 5 rings (SSSR count). The average molecular weight is 564 g/mol. The van der Waals surface area contributed by atoms with E-state index in [9.17, 15) is 14.4 Å². The van der Waals surface area contributed by atoms with Gasteiger partial charge in [-0.05, 0) is 49.2 Å². The highest BCUT2D eigenvalue weighted by Gasteiger charge is 2.18. The van der Waals surface area contributed by atoms with Crippen molar-refractivity contribution in [3.05, 3.63) is 107 Å². The maximum Gasteiger partial charge on any atom is 0.274 e. The number of hydrogen-bond donors (Lipinski definition) is 4. The molecule has 0 fully saturated rings. The highest BCUT2D eigenvalue weighted by molar-refractivity contribution is 6.03. The summed E-state index contributed by atoms with van der Waals surface area (Å²) in [5, 5.41) is 6.37. The van der Waals surface area contributed by atoms with Gasteiger partial charge in [-0.25, -0.2) is 0 Å². The molecule has 214 valence electrons. The van der Waals surface area contributed by atoms with Gasteiger partial charge in [0.15, 0.2) is 0 Å². The largest absolute Gasteiger partial charge is 0.457 e. The first-order chi connectivity index (χ1) is 20.4. The van der Waals surface area contributed by atoms with Crippen LogP contribution >= 0.6 is 0 Å². The molecule has 2 aromatic heterocycles. The normalized spacial score (nSPS) is 10.9. The van der Waals surface area contributed by atoms with Gasteiger partial charge in [-0.15, -0.1) is 0 Å². The Labute approximate surface area is 243 Å². The number of rotatable bonds is 11. The number of nitrogens with two attached hydrogens (primary N) is 1. The summed E-state index contributed by atoms with van der Waals surface area (Å²) in [5.74, 6) is 0.937. The molecule has 42 heavy (non-hydrogen) atoms. The number of aromatic amines is 1. The summed E-state index contributed by atoms with van der Waals surface area (Å²) >= 11 is 0. The van der Waals surface area contributed by atoms with Crippen LogP contribution in [-0.4, -0.2) is 27.9 Å². The third-order valence-electron chi connectivity index (χ3n) is 6.96. The minimum Gasteiger partial charge on any atom is -0.457 e. The number of H-pyrrole nitrogens is 1. The smallest absolute Gasteiger partial charge is 0.274 e. The summed E-state index contributed by atoms with van der Waals surface area (Å²) in [5.41, 5.74) is 8.99. The number of aromatic nitrogens is 2. The molecular formula is C33H33N5O4. The van der Waals surface area contributed by atoms with E-state index in [0.717, 1.165) is 17.5 Å². The molecule has 0 radical (unpaired) electrons. The van der Waals surface area contributed by atoms with E-state index in [1.165, 1.54) is 4.57 Å². The number of nitrogens with one attached hydrogen (secondary N) is 3. The standard InChI is InChI=1S/C33H33N5O4/c1-38-21-25(23-14-7-10-17-29(23)42-22-12-4-2-5-13-22)24-20-28(37-31(24)33(38)41)32(40)35-19-11-3-6-18-30(39)36-27-16-9-8-15-26(27)34/h2,4-5,7-10,12-17,20-21,37H,3,6,11,18-19,34H2,1H3,(H,35,40)(H,36,39). The van der Waals surface area contributed by atoms with E-state index in [1.54, 1.807) is 31.4 Å². The number of anilines is 2. The van der Waals surface area contributed by atoms with Gasteiger partial charge in [-0.3, -0.25) is 14.4 Å². The minimum absolute atomic E-state index is 0.0943. The lowest BCUT2D eigenvalue weighted by atomic mass is 10.0. The molecule has 5 aromatic rings. The van der Waals surface area contributed by atoms with Gasteiger partial charge < -0.3 is 30.7 Å². The molecule has 3 aromatic carbocycles. The number of para-hydroxylation sites is 4. The lowest BCUT2D eigenvalue weighted by Gasteiger charge is -2.13. The van der Waals surface area contributed by atoms with Gasteiger partial charge in [-0.1, -0.05) is 55.0 Å².